The Morgan fingerprint density at radius 3 is 2.65 bits per heavy atom. The van der Waals surface area contributed by atoms with E-state index in [-0.39, 0.29) is 11.5 Å². The van der Waals surface area contributed by atoms with Crippen LogP contribution in [0.1, 0.15) is 30.7 Å². The van der Waals surface area contributed by atoms with E-state index in [0.717, 1.165) is 49.5 Å². The Morgan fingerprint density at radius 2 is 1.88 bits per heavy atom. The molecular weight excluding hydrogens is 344 g/mol. The number of piperidine rings is 1. The van der Waals surface area contributed by atoms with Crippen molar-refractivity contribution < 1.29 is 5.11 Å². The zero-order chi connectivity index (χ0) is 17.7. The Balaban J connectivity index is 1.47. The third-order valence-corrected chi connectivity index (χ3v) is 7.94. The summed E-state index contributed by atoms with van der Waals surface area (Å²) in [5.74, 6) is 6.28. The van der Waals surface area contributed by atoms with E-state index in [2.05, 4.69) is 62.7 Å². The van der Waals surface area contributed by atoms with Crippen LogP contribution in [-0.4, -0.2) is 50.6 Å². The van der Waals surface area contributed by atoms with Crippen molar-refractivity contribution in [2.45, 2.75) is 30.8 Å². The van der Waals surface area contributed by atoms with Crippen molar-refractivity contribution in [1.29, 1.82) is 0 Å². The third kappa shape index (κ3) is 2.49. The zero-order valence-corrected chi connectivity index (χ0v) is 16.0. The molecule has 138 valence electrons. The van der Waals surface area contributed by atoms with E-state index in [9.17, 15) is 5.11 Å². The minimum Gasteiger partial charge on any atom is -0.393 e. The first kappa shape index (κ1) is 16.6. The molecule has 3 heterocycles. The summed E-state index contributed by atoms with van der Waals surface area (Å²) < 4.78 is 2.18. The quantitative estimate of drug-likeness (QED) is 0.899. The van der Waals surface area contributed by atoms with Gasteiger partial charge in [-0.3, -0.25) is 4.57 Å². The summed E-state index contributed by atoms with van der Waals surface area (Å²) in [6.45, 7) is 2.18. The van der Waals surface area contributed by atoms with E-state index in [0.29, 0.717) is 0 Å². The summed E-state index contributed by atoms with van der Waals surface area (Å²) in [5, 5.41) is 19.3. The number of nitrogens with zero attached hydrogens (tertiary/aromatic N) is 4. The number of hydrogen-bond donors (Lipinski definition) is 1. The number of rotatable bonds is 3. The SMILES string of the molecule is Cn1c(N2CCC3CSCC3C2)nnc1C1(c2ccccc2)CC(O)C1. The van der Waals surface area contributed by atoms with Gasteiger partial charge in [0.2, 0.25) is 5.95 Å². The van der Waals surface area contributed by atoms with E-state index >= 15 is 0 Å². The van der Waals surface area contributed by atoms with Crippen LogP contribution in [0.15, 0.2) is 30.3 Å². The first-order chi connectivity index (χ1) is 12.7. The molecule has 3 aliphatic rings. The minimum atomic E-state index is -0.249. The summed E-state index contributed by atoms with van der Waals surface area (Å²) in [6, 6.07) is 10.5. The van der Waals surface area contributed by atoms with Crippen LogP contribution in [0.3, 0.4) is 0 Å². The van der Waals surface area contributed by atoms with Gasteiger partial charge in [-0.15, -0.1) is 10.2 Å². The second-order valence-electron chi connectivity index (χ2n) is 8.19. The predicted molar refractivity (Wildman–Crippen MR) is 105 cm³/mol. The standard InChI is InChI=1S/C20H26N4OS/c1-23-18(20(9-17(25)10-20)16-5-3-2-4-6-16)21-22-19(23)24-8-7-14-12-26-13-15(14)11-24/h2-6,14-15,17,25H,7-13H2,1H3. The number of fused-ring (bicyclic) bond motifs is 1. The number of benzene rings is 1. The highest BCUT2D eigenvalue weighted by Gasteiger charge is 2.50. The van der Waals surface area contributed by atoms with Crippen LogP contribution in [0.4, 0.5) is 5.95 Å². The molecule has 1 aromatic heterocycles. The number of thioether (sulfide) groups is 1. The van der Waals surface area contributed by atoms with Crippen molar-refractivity contribution in [3.63, 3.8) is 0 Å². The van der Waals surface area contributed by atoms with Crippen molar-refractivity contribution in [1.82, 2.24) is 14.8 Å². The van der Waals surface area contributed by atoms with Gasteiger partial charge >= 0.3 is 0 Å². The maximum Gasteiger partial charge on any atom is 0.227 e. The van der Waals surface area contributed by atoms with Gasteiger partial charge in [-0.25, -0.2) is 0 Å². The molecule has 1 N–H and O–H groups in total. The first-order valence-corrected chi connectivity index (χ1v) is 10.8. The average molecular weight is 371 g/mol. The molecule has 6 heteroatoms. The van der Waals surface area contributed by atoms with Gasteiger partial charge in [-0.1, -0.05) is 30.3 Å². The van der Waals surface area contributed by atoms with E-state index < -0.39 is 0 Å². The summed E-state index contributed by atoms with van der Waals surface area (Å²) in [4.78, 5) is 2.43. The van der Waals surface area contributed by atoms with Crippen LogP contribution in [0, 0.1) is 11.8 Å². The molecule has 2 saturated heterocycles. The minimum absolute atomic E-state index is 0.206. The highest BCUT2D eigenvalue weighted by Crippen LogP contribution is 2.49. The van der Waals surface area contributed by atoms with Crippen molar-refractivity contribution in [2.24, 2.45) is 18.9 Å². The molecule has 0 amide bonds. The average Bonchev–Trinajstić information content (AvgIpc) is 3.25. The number of hydrogen-bond acceptors (Lipinski definition) is 5. The van der Waals surface area contributed by atoms with Gasteiger partial charge < -0.3 is 10.0 Å². The predicted octanol–water partition coefficient (Wildman–Crippen LogP) is 2.45. The van der Waals surface area contributed by atoms with Crippen molar-refractivity contribution in [3.05, 3.63) is 41.7 Å². The molecule has 1 aliphatic carbocycles. The maximum atomic E-state index is 10.1. The Labute approximate surface area is 158 Å². The lowest BCUT2D eigenvalue weighted by atomic mass is 9.62. The van der Waals surface area contributed by atoms with Crippen LogP contribution in [0.2, 0.25) is 0 Å². The molecule has 2 atom stereocenters. The monoisotopic (exact) mass is 370 g/mol. The van der Waals surface area contributed by atoms with Crippen molar-refractivity contribution in [3.8, 4) is 0 Å². The normalized spacial score (nSPS) is 33.8. The molecule has 2 unspecified atom stereocenters. The van der Waals surface area contributed by atoms with Gasteiger partial charge in [0.05, 0.1) is 11.5 Å². The topological polar surface area (TPSA) is 54.2 Å². The molecular formula is C20H26N4OS. The summed E-state index contributed by atoms with van der Waals surface area (Å²) in [6.07, 6.45) is 2.47. The first-order valence-electron chi connectivity index (χ1n) is 9.63. The second kappa shape index (κ2) is 6.27. The van der Waals surface area contributed by atoms with Crippen LogP contribution >= 0.6 is 11.8 Å². The fourth-order valence-electron chi connectivity index (χ4n) is 5.10. The summed E-state index contributed by atoms with van der Waals surface area (Å²) in [5.41, 5.74) is 1.03. The Hall–Kier alpha value is -1.53. The van der Waals surface area contributed by atoms with Crippen LogP contribution < -0.4 is 4.90 Å². The van der Waals surface area contributed by atoms with Crippen LogP contribution in [0.5, 0.6) is 0 Å². The van der Waals surface area contributed by atoms with Gasteiger partial charge in [0.15, 0.2) is 0 Å². The van der Waals surface area contributed by atoms with Crippen LogP contribution in [0.25, 0.3) is 0 Å². The van der Waals surface area contributed by atoms with Gasteiger partial charge in [-0.2, -0.15) is 11.8 Å². The highest BCUT2D eigenvalue weighted by atomic mass is 32.2. The van der Waals surface area contributed by atoms with Crippen molar-refractivity contribution >= 4 is 17.7 Å². The van der Waals surface area contributed by atoms with Gasteiger partial charge in [-0.05, 0) is 48.2 Å². The molecule has 1 aromatic carbocycles. The van der Waals surface area contributed by atoms with E-state index in [4.69, 9.17) is 0 Å². The molecule has 26 heavy (non-hydrogen) atoms. The molecule has 0 bridgehead atoms. The lowest BCUT2D eigenvalue weighted by Gasteiger charge is -2.45. The highest BCUT2D eigenvalue weighted by molar-refractivity contribution is 7.99. The fraction of sp³-hybridized carbons (Fsp3) is 0.600. The van der Waals surface area contributed by atoms with Gasteiger partial charge in [0.25, 0.3) is 0 Å². The Kier molecular flexibility index (Phi) is 4.01. The van der Waals surface area contributed by atoms with E-state index in [1.54, 1.807) is 0 Å². The van der Waals surface area contributed by atoms with Gasteiger partial charge in [0.1, 0.15) is 5.82 Å². The van der Waals surface area contributed by atoms with Gasteiger partial charge in [0, 0.05) is 20.1 Å². The molecule has 0 spiro atoms. The van der Waals surface area contributed by atoms with E-state index in [1.165, 1.54) is 23.5 Å². The molecule has 0 radical (unpaired) electrons. The lowest BCUT2D eigenvalue weighted by molar-refractivity contribution is 0.0323. The number of aliphatic hydroxyl groups is 1. The Bertz CT molecular complexity index is 786. The fourth-order valence-corrected chi connectivity index (χ4v) is 6.66. The summed E-state index contributed by atoms with van der Waals surface area (Å²) in [7, 11) is 2.09. The van der Waals surface area contributed by atoms with E-state index in [1.807, 2.05) is 6.07 Å². The maximum absolute atomic E-state index is 10.1. The lowest BCUT2D eigenvalue weighted by Crippen LogP contribution is -2.47. The zero-order valence-electron chi connectivity index (χ0n) is 15.2. The molecule has 3 fully saturated rings. The molecule has 2 aromatic rings. The summed E-state index contributed by atoms with van der Waals surface area (Å²) >= 11 is 2.10. The Morgan fingerprint density at radius 1 is 1.12 bits per heavy atom. The van der Waals surface area contributed by atoms with Crippen molar-refractivity contribution in [2.75, 3.05) is 29.5 Å². The van der Waals surface area contributed by atoms with Crippen LogP contribution in [-0.2, 0) is 12.5 Å². The largest absolute Gasteiger partial charge is 0.393 e. The molecule has 1 saturated carbocycles. The number of anilines is 1. The smallest absolute Gasteiger partial charge is 0.227 e. The molecule has 5 nitrogen and oxygen atoms in total. The molecule has 2 aliphatic heterocycles. The number of aromatic nitrogens is 3. The second-order valence-corrected chi connectivity index (χ2v) is 9.26. The number of aliphatic hydroxyl groups excluding tert-OH is 1. The molecule has 5 rings (SSSR count). The third-order valence-electron chi connectivity index (χ3n) is 6.61.